The van der Waals surface area contributed by atoms with Gasteiger partial charge in [0.15, 0.2) is 0 Å². The molecule has 0 aliphatic carbocycles. The zero-order valence-electron chi connectivity index (χ0n) is 11.4. The Morgan fingerprint density at radius 2 is 2.21 bits per heavy atom. The van der Waals surface area contributed by atoms with Crippen molar-refractivity contribution in [3.63, 3.8) is 0 Å². The number of anilines is 1. The number of hydrogen-bond donors (Lipinski definition) is 1. The third kappa shape index (κ3) is 4.66. The molecule has 0 amide bonds. The van der Waals surface area contributed by atoms with Crippen molar-refractivity contribution in [2.75, 3.05) is 39.1 Å². The Labute approximate surface area is 112 Å². The van der Waals surface area contributed by atoms with E-state index in [1.165, 1.54) is 6.33 Å². The van der Waals surface area contributed by atoms with Crippen LogP contribution in [0, 0.1) is 10.1 Å². The van der Waals surface area contributed by atoms with E-state index < -0.39 is 4.92 Å². The van der Waals surface area contributed by atoms with Crippen LogP contribution < -0.4 is 10.1 Å². The van der Waals surface area contributed by atoms with E-state index in [0.717, 1.165) is 13.0 Å². The molecule has 1 rings (SSSR count). The highest BCUT2D eigenvalue weighted by atomic mass is 16.6. The summed E-state index contributed by atoms with van der Waals surface area (Å²) in [5.41, 5.74) is -0.213. The van der Waals surface area contributed by atoms with Crippen LogP contribution in [0.15, 0.2) is 6.33 Å². The number of likely N-dealkylation sites (N-methyl/N-ethyl adjacent to an activating group) is 1. The lowest BCUT2D eigenvalue weighted by Crippen LogP contribution is -2.21. The molecule has 0 aliphatic rings. The molecule has 0 atom stereocenters. The van der Waals surface area contributed by atoms with Gasteiger partial charge in [-0.1, -0.05) is 6.92 Å². The first kappa shape index (κ1) is 15.1. The van der Waals surface area contributed by atoms with Crippen molar-refractivity contribution in [2.24, 2.45) is 0 Å². The molecule has 1 aromatic heterocycles. The van der Waals surface area contributed by atoms with Gasteiger partial charge in [0.1, 0.15) is 6.33 Å². The van der Waals surface area contributed by atoms with Gasteiger partial charge in [0.25, 0.3) is 5.88 Å². The highest BCUT2D eigenvalue weighted by Crippen LogP contribution is 2.30. The van der Waals surface area contributed by atoms with Gasteiger partial charge < -0.3 is 15.0 Å². The van der Waals surface area contributed by atoms with Gasteiger partial charge in [-0.05, 0) is 20.5 Å². The van der Waals surface area contributed by atoms with Crippen LogP contribution in [0.2, 0.25) is 0 Å². The average molecular weight is 269 g/mol. The number of nitro groups is 1. The predicted octanol–water partition coefficient (Wildman–Crippen LogP) is 1.15. The minimum atomic E-state index is -0.525. The van der Waals surface area contributed by atoms with Crippen LogP contribution >= 0.6 is 0 Å². The van der Waals surface area contributed by atoms with Crippen molar-refractivity contribution < 1.29 is 9.66 Å². The van der Waals surface area contributed by atoms with E-state index in [1.54, 1.807) is 0 Å². The fraction of sp³-hybridized carbons (Fsp3) is 0.636. The van der Waals surface area contributed by atoms with E-state index in [-0.39, 0.29) is 17.4 Å². The molecule has 0 aliphatic heterocycles. The summed E-state index contributed by atoms with van der Waals surface area (Å²) in [4.78, 5) is 20.3. The maximum absolute atomic E-state index is 11.1. The molecule has 1 heterocycles. The molecule has 0 radical (unpaired) electrons. The molecule has 0 spiro atoms. The number of nitrogens with one attached hydrogen (secondary N) is 1. The van der Waals surface area contributed by atoms with Gasteiger partial charge in [-0.3, -0.25) is 10.1 Å². The molecule has 0 unspecified atom stereocenters. The SMILES string of the molecule is CCCOc1ncnc(NCCN(C)C)c1[N+](=O)[O-]. The Morgan fingerprint density at radius 3 is 2.79 bits per heavy atom. The topological polar surface area (TPSA) is 93.4 Å². The lowest BCUT2D eigenvalue weighted by molar-refractivity contribution is -0.385. The van der Waals surface area contributed by atoms with Crippen molar-refractivity contribution in [2.45, 2.75) is 13.3 Å². The number of rotatable bonds is 8. The highest BCUT2D eigenvalue weighted by molar-refractivity contribution is 5.61. The molecule has 0 saturated carbocycles. The molecule has 106 valence electrons. The Balaban J connectivity index is 2.86. The van der Waals surface area contributed by atoms with Crippen molar-refractivity contribution in [1.29, 1.82) is 0 Å². The third-order valence-electron chi connectivity index (χ3n) is 2.27. The highest BCUT2D eigenvalue weighted by Gasteiger charge is 2.24. The fourth-order valence-corrected chi connectivity index (χ4v) is 1.36. The summed E-state index contributed by atoms with van der Waals surface area (Å²) in [6.45, 7) is 3.60. The zero-order valence-corrected chi connectivity index (χ0v) is 11.4. The number of nitrogens with zero attached hydrogens (tertiary/aromatic N) is 4. The summed E-state index contributed by atoms with van der Waals surface area (Å²) in [5, 5.41) is 14.0. The van der Waals surface area contributed by atoms with Crippen LogP contribution in [-0.2, 0) is 0 Å². The second-order valence-corrected chi connectivity index (χ2v) is 4.21. The Kier molecular flexibility index (Phi) is 5.94. The van der Waals surface area contributed by atoms with Gasteiger partial charge in [-0.15, -0.1) is 0 Å². The van der Waals surface area contributed by atoms with Crippen LogP contribution in [0.4, 0.5) is 11.5 Å². The molecule has 8 heteroatoms. The van der Waals surface area contributed by atoms with Crippen LogP contribution in [0.5, 0.6) is 5.88 Å². The third-order valence-corrected chi connectivity index (χ3v) is 2.27. The van der Waals surface area contributed by atoms with Crippen molar-refractivity contribution in [1.82, 2.24) is 14.9 Å². The van der Waals surface area contributed by atoms with Gasteiger partial charge in [0.05, 0.1) is 11.5 Å². The molecular weight excluding hydrogens is 250 g/mol. The summed E-state index contributed by atoms with van der Waals surface area (Å²) in [6, 6.07) is 0. The Hall–Kier alpha value is -1.96. The minimum absolute atomic E-state index is 0.00852. The van der Waals surface area contributed by atoms with E-state index in [4.69, 9.17) is 4.74 Å². The van der Waals surface area contributed by atoms with Gasteiger partial charge in [0.2, 0.25) is 5.82 Å². The second-order valence-electron chi connectivity index (χ2n) is 4.21. The van der Waals surface area contributed by atoms with Gasteiger partial charge >= 0.3 is 5.69 Å². The van der Waals surface area contributed by atoms with E-state index in [2.05, 4.69) is 15.3 Å². The molecule has 0 bridgehead atoms. The maximum atomic E-state index is 11.1. The van der Waals surface area contributed by atoms with Crippen molar-refractivity contribution in [3.8, 4) is 5.88 Å². The monoisotopic (exact) mass is 269 g/mol. The fourth-order valence-electron chi connectivity index (χ4n) is 1.36. The number of hydrogen-bond acceptors (Lipinski definition) is 7. The first-order valence-corrected chi connectivity index (χ1v) is 6.07. The Bertz CT molecular complexity index is 425. The van der Waals surface area contributed by atoms with Crippen molar-refractivity contribution >= 4 is 11.5 Å². The van der Waals surface area contributed by atoms with Gasteiger partial charge in [-0.25, -0.2) is 4.98 Å². The van der Waals surface area contributed by atoms with Gasteiger partial charge in [0, 0.05) is 13.1 Å². The van der Waals surface area contributed by atoms with Crippen LogP contribution in [-0.4, -0.2) is 53.6 Å². The van der Waals surface area contributed by atoms with E-state index in [0.29, 0.717) is 13.2 Å². The summed E-state index contributed by atoms with van der Waals surface area (Å²) in [5.74, 6) is 0.196. The van der Waals surface area contributed by atoms with E-state index >= 15 is 0 Å². The molecule has 0 saturated heterocycles. The summed E-state index contributed by atoms with van der Waals surface area (Å²) < 4.78 is 5.27. The summed E-state index contributed by atoms with van der Waals surface area (Å²) >= 11 is 0. The lowest BCUT2D eigenvalue weighted by atomic mass is 10.4. The first-order valence-electron chi connectivity index (χ1n) is 6.07. The smallest absolute Gasteiger partial charge is 0.372 e. The molecule has 1 N–H and O–H groups in total. The number of aromatic nitrogens is 2. The summed E-state index contributed by atoms with van der Waals surface area (Å²) in [7, 11) is 3.84. The predicted molar refractivity (Wildman–Crippen MR) is 71.5 cm³/mol. The lowest BCUT2D eigenvalue weighted by Gasteiger charge is -2.11. The van der Waals surface area contributed by atoms with E-state index in [1.807, 2.05) is 25.9 Å². The minimum Gasteiger partial charge on any atom is -0.473 e. The van der Waals surface area contributed by atoms with Crippen LogP contribution in [0.1, 0.15) is 13.3 Å². The molecule has 1 aromatic rings. The number of ether oxygens (including phenoxy) is 1. The largest absolute Gasteiger partial charge is 0.473 e. The molecule has 19 heavy (non-hydrogen) atoms. The maximum Gasteiger partial charge on any atom is 0.372 e. The molecule has 8 nitrogen and oxygen atoms in total. The summed E-state index contributed by atoms with van der Waals surface area (Å²) in [6.07, 6.45) is 2.01. The van der Waals surface area contributed by atoms with Crippen molar-refractivity contribution in [3.05, 3.63) is 16.4 Å². The average Bonchev–Trinajstić information content (AvgIpc) is 2.35. The van der Waals surface area contributed by atoms with Gasteiger partial charge in [-0.2, -0.15) is 4.98 Å². The van der Waals surface area contributed by atoms with Crippen LogP contribution in [0.3, 0.4) is 0 Å². The molecule has 0 fully saturated rings. The van der Waals surface area contributed by atoms with E-state index in [9.17, 15) is 10.1 Å². The standard InChI is InChI=1S/C11H19N5O3/c1-4-7-19-11-9(16(17)18)10(13-8-14-11)12-5-6-15(2)3/h8H,4-7H2,1-3H3,(H,12,13,14). The second kappa shape index (κ2) is 7.47. The molecule has 0 aromatic carbocycles. The normalized spacial score (nSPS) is 10.5. The quantitative estimate of drug-likeness (QED) is 0.558. The van der Waals surface area contributed by atoms with Crippen LogP contribution in [0.25, 0.3) is 0 Å². The first-order chi connectivity index (χ1) is 9.06. The zero-order chi connectivity index (χ0) is 14.3. The molecular formula is C11H19N5O3. The Morgan fingerprint density at radius 1 is 1.47 bits per heavy atom.